The Kier molecular flexibility index (Phi) is 5.94. The van der Waals surface area contributed by atoms with E-state index in [4.69, 9.17) is 4.74 Å². The monoisotopic (exact) mass is 299 g/mol. The standard InChI is InChI=1S/C16H23F2NO2/c1-11-4-2-5-13(8-11)21-10-12(20)9-19-16-14(17)6-3-7-15(16)18/h3,6-7,11-13,19-20H,2,4-5,8-10H2,1H3. The van der Waals surface area contributed by atoms with Crippen molar-refractivity contribution in [2.75, 3.05) is 18.5 Å². The molecule has 0 heterocycles. The van der Waals surface area contributed by atoms with Gasteiger partial charge >= 0.3 is 0 Å². The Hall–Kier alpha value is -1.20. The zero-order valence-electron chi connectivity index (χ0n) is 12.3. The summed E-state index contributed by atoms with van der Waals surface area (Å²) in [6, 6.07) is 3.66. The number of anilines is 1. The molecule has 0 amide bonds. The number of para-hydroxylation sites is 1. The van der Waals surface area contributed by atoms with E-state index in [1.807, 2.05) is 0 Å². The number of ether oxygens (including phenoxy) is 1. The molecule has 1 fully saturated rings. The van der Waals surface area contributed by atoms with Crippen LogP contribution in [0.3, 0.4) is 0 Å². The number of rotatable bonds is 6. The quantitative estimate of drug-likeness (QED) is 0.846. The zero-order chi connectivity index (χ0) is 15.2. The van der Waals surface area contributed by atoms with E-state index >= 15 is 0 Å². The Balaban J connectivity index is 1.73. The predicted octanol–water partition coefficient (Wildman–Crippen LogP) is 3.33. The highest BCUT2D eigenvalue weighted by molar-refractivity contribution is 5.46. The second-order valence-electron chi connectivity index (χ2n) is 5.86. The van der Waals surface area contributed by atoms with Crippen LogP contribution in [0.5, 0.6) is 0 Å². The van der Waals surface area contributed by atoms with Crippen molar-refractivity contribution < 1.29 is 18.6 Å². The van der Waals surface area contributed by atoms with Gasteiger partial charge in [-0.1, -0.05) is 25.8 Å². The van der Waals surface area contributed by atoms with Gasteiger partial charge in [-0.2, -0.15) is 0 Å². The van der Waals surface area contributed by atoms with Crippen LogP contribution < -0.4 is 5.32 Å². The highest BCUT2D eigenvalue weighted by Gasteiger charge is 2.20. The van der Waals surface area contributed by atoms with Gasteiger partial charge in [0.25, 0.3) is 0 Å². The van der Waals surface area contributed by atoms with E-state index in [0.29, 0.717) is 5.92 Å². The molecular weight excluding hydrogens is 276 g/mol. The van der Waals surface area contributed by atoms with Crippen LogP contribution in [0, 0.1) is 17.6 Å². The highest BCUT2D eigenvalue weighted by Crippen LogP contribution is 2.25. The Morgan fingerprint density at radius 2 is 2.05 bits per heavy atom. The molecule has 1 aromatic rings. The average Bonchev–Trinajstić information content (AvgIpc) is 2.45. The fourth-order valence-corrected chi connectivity index (χ4v) is 2.72. The van der Waals surface area contributed by atoms with Crippen LogP contribution in [0.1, 0.15) is 32.6 Å². The summed E-state index contributed by atoms with van der Waals surface area (Å²) < 4.78 is 32.5. The lowest BCUT2D eigenvalue weighted by atomic mass is 9.89. The van der Waals surface area contributed by atoms with Crippen LogP contribution in [0.4, 0.5) is 14.5 Å². The number of halogens is 2. The first-order valence-electron chi connectivity index (χ1n) is 7.53. The molecule has 0 aromatic heterocycles. The van der Waals surface area contributed by atoms with Crippen LogP contribution in [0.2, 0.25) is 0 Å². The van der Waals surface area contributed by atoms with Crippen molar-refractivity contribution in [1.82, 2.24) is 0 Å². The molecule has 3 nitrogen and oxygen atoms in total. The first kappa shape index (κ1) is 16.2. The molecule has 2 N–H and O–H groups in total. The molecule has 3 unspecified atom stereocenters. The van der Waals surface area contributed by atoms with Gasteiger partial charge in [-0.05, 0) is 30.9 Å². The Labute approximate surface area is 124 Å². The summed E-state index contributed by atoms with van der Waals surface area (Å²) in [5.74, 6) is -0.667. The minimum Gasteiger partial charge on any atom is -0.389 e. The largest absolute Gasteiger partial charge is 0.389 e. The summed E-state index contributed by atoms with van der Waals surface area (Å²) >= 11 is 0. The Morgan fingerprint density at radius 3 is 2.71 bits per heavy atom. The van der Waals surface area contributed by atoms with Gasteiger partial charge in [0.1, 0.15) is 17.3 Å². The number of aliphatic hydroxyl groups excluding tert-OH is 1. The van der Waals surface area contributed by atoms with Crippen LogP contribution in [-0.4, -0.2) is 30.5 Å². The molecule has 1 saturated carbocycles. The molecule has 118 valence electrons. The van der Waals surface area contributed by atoms with Gasteiger partial charge in [-0.3, -0.25) is 0 Å². The summed E-state index contributed by atoms with van der Waals surface area (Å²) in [4.78, 5) is 0. The number of hydrogen-bond donors (Lipinski definition) is 2. The van der Waals surface area contributed by atoms with Crippen LogP contribution in [0.25, 0.3) is 0 Å². The molecule has 2 rings (SSSR count). The van der Waals surface area contributed by atoms with E-state index < -0.39 is 17.7 Å². The number of hydrogen-bond acceptors (Lipinski definition) is 3. The van der Waals surface area contributed by atoms with Crippen molar-refractivity contribution in [3.8, 4) is 0 Å². The highest BCUT2D eigenvalue weighted by atomic mass is 19.1. The number of nitrogens with one attached hydrogen (secondary N) is 1. The normalized spacial score (nSPS) is 23.8. The van der Waals surface area contributed by atoms with E-state index in [2.05, 4.69) is 12.2 Å². The molecular formula is C16H23F2NO2. The Bertz CT molecular complexity index is 436. The Morgan fingerprint density at radius 1 is 1.33 bits per heavy atom. The summed E-state index contributed by atoms with van der Waals surface area (Å²) in [6.07, 6.45) is 3.82. The fraction of sp³-hybridized carbons (Fsp3) is 0.625. The van der Waals surface area contributed by atoms with E-state index in [9.17, 15) is 13.9 Å². The van der Waals surface area contributed by atoms with Crippen LogP contribution >= 0.6 is 0 Å². The van der Waals surface area contributed by atoms with Crippen LogP contribution in [0.15, 0.2) is 18.2 Å². The average molecular weight is 299 g/mol. The second-order valence-corrected chi connectivity index (χ2v) is 5.86. The number of aliphatic hydroxyl groups is 1. The SMILES string of the molecule is CC1CCCC(OCC(O)CNc2c(F)cccc2F)C1. The van der Waals surface area contributed by atoms with E-state index in [1.165, 1.54) is 24.6 Å². The smallest absolute Gasteiger partial charge is 0.149 e. The molecule has 0 saturated heterocycles. The molecule has 1 aliphatic carbocycles. The summed E-state index contributed by atoms with van der Waals surface area (Å²) in [5, 5.41) is 12.5. The molecule has 0 aliphatic heterocycles. The van der Waals surface area contributed by atoms with Gasteiger partial charge in [-0.25, -0.2) is 8.78 Å². The topological polar surface area (TPSA) is 41.5 Å². The van der Waals surface area contributed by atoms with Crippen molar-refractivity contribution in [3.05, 3.63) is 29.8 Å². The zero-order valence-corrected chi connectivity index (χ0v) is 12.3. The van der Waals surface area contributed by atoms with E-state index in [0.717, 1.165) is 19.3 Å². The third-order valence-electron chi connectivity index (χ3n) is 3.89. The minimum absolute atomic E-state index is 0.0557. The molecule has 0 radical (unpaired) electrons. The van der Waals surface area contributed by atoms with Crippen molar-refractivity contribution in [3.63, 3.8) is 0 Å². The van der Waals surface area contributed by atoms with Gasteiger partial charge in [0.05, 0.1) is 18.8 Å². The second kappa shape index (κ2) is 7.71. The van der Waals surface area contributed by atoms with Crippen molar-refractivity contribution in [2.24, 2.45) is 5.92 Å². The van der Waals surface area contributed by atoms with Crippen molar-refractivity contribution in [1.29, 1.82) is 0 Å². The molecule has 0 bridgehead atoms. The van der Waals surface area contributed by atoms with E-state index in [1.54, 1.807) is 0 Å². The third kappa shape index (κ3) is 4.93. The maximum atomic E-state index is 13.4. The summed E-state index contributed by atoms with van der Waals surface area (Å²) in [5.41, 5.74) is -0.206. The van der Waals surface area contributed by atoms with Crippen LogP contribution in [-0.2, 0) is 4.74 Å². The van der Waals surface area contributed by atoms with Crippen molar-refractivity contribution in [2.45, 2.75) is 44.8 Å². The summed E-state index contributed by atoms with van der Waals surface area (Å²) in [7, 11) is 0. The predicted molar refractivity (Wildman–Crippen MR) is 78.2 cm³/mol. The van der Waals surface area contributed by atoms with Crippen molar-refractivity contribution >= 4 is 5.69 Å². The molecule has 5 heteroatoms. The molecule has 21 heavy (non-hydrogen) atoms. The maximum Gasteiger partial charge on any atom is 0.149 e. The molecule has 1 aromatic carbocycles. The fourth-order valence-electron chi connectivity index (χ4n) is 2.72. The minimum atomic E-state index is -0.791. The van der Waals surface area contributed by atoms with Gasteiger partial charge in [0.15, 0.2) is 0 Å². The first-order chi connectivity index (χ1) is 10.1. The molecule has 0 spiro atoms. The van der Waals surface area contributed by atoms with Gasteiger partial charge in [0, 0.05) is 6.54 Å². The number of benzene rings is 1. The third-order valence-corrected chi connectivity index (χ3v) is 3.89. The molecule has 1 aliphatic rings. The lowest BCUT2D eigenvalue weighted by molar-refractivity contribution is -0.0275. The first-order valence-corrected chi connectivity index (χ1v) is 7.53. The van der Waals surface area contributed by atoms with Gasteiger partial charge in [0.2, 0.25) is 0 Å². The maximum absolute atomic E-state index is 13.4. The van der Waals surface area contributed by atoms with E-state index in [-0.39, 0.29) is 24.9 Å². The van der Waals surface area contributed by atoms with Gasteiger partial charge in [-0.15, -0.1) is 0 Å². The van der Waals surface area contributed by atoms with Gasteiger partial charge < -0.3 is 15.2 Å². The lowest BCUT2D eigenvalue weighted by Crippen LogP contribution is -2.30. The molecule has 3 atom stereocenters. The lowest BCUT2D eigenvalue weighted by Gasteiger charge is -2.27. The summed E-state index contributed by atoms with van der Waals surface area (Å²) in [6.45, 7) is 2.44.